The summed E-state index contributed by atoms with van der Waals surface area (Å²) < 4.78 is 28.7. The fraction of sp³-hybridized carbons (Fsp3) is 0.552. The summed E-state index contributed by atoms with van der Waals surface area (Å²) in [5.74, 6) is 1.37. The number of primary sulfonamides is 1. The normalized spacial score (nSPS) is 24.3. The molecule has 1 unspecified atom stereocenters. The van der Waals surface area contributed by atoms with Gasteiger partial charge in [0.05, 0.1) is 23.6 Å². The Labute approximate surface area is 240 Å². The van der Waals surface area contributed by atoms with Gasteiger partial charge in [-0.1, -0.05) is 24.1 Å². The molecule has 1 saturated carbocycles. The lowest BCUT2D eigenvalue weighted by Crippen LogP contribution is -2.49. The number of aryl methyl sites for hydroxylation is 1. The lowest BCUT2D eigenvalue weighted by Gasteiger charge is -2.44. The zero-order chi connectivity index (χ0) is 27.6. The number of hydrogen-bond acceptors (Lipinski definition) is 6. The molecule has 1 spiro atoms. The summed E-state index contributed by atoms with van der Waals surface area (Å²) in [7, 11) is -3.38. The number of halogens is 1. The molecule has 1 fully saturated rings. The molecule has 0 aromatic heterocycles. The maximum atomic E-state index is 11.8. The lowest BCUT2D eigenvalue weighted by atomic mass is 9.70. The van der Waals surface area contributed by atoms with Crippen molar-refractivity contribution in [1.82, 2.24) is 0 Å². The maximum absolute atomic E-state index is 11.8. The van der Waals surface area contributed by atoms with Gasteiger partial charge in [-0.25, -0.2) is 18.4 Å². The van der Waals surface area contributed by atoms with E-state index in [-0.39, 0.29) is 16.7 Å². The van der Waals surface area contributed by atoms with Gasteiger partial charge in [-0.15, -0.1) is 0 Å². The SMILES string of the molecule is NS(=O)(=O)CCCCCS[C@H]1CC[C@@H]1CN1CC2(CCCc3cc(Cl)ccc32)COc2ccc(C(=O)O)cc21. The minimum absolute atomic E-state index is 0.0512. The number of benzene rings is 2. The largest absolute Gasteiger partial charge is 0.490 e. The summed E-state index contributed by atoms with van der Waals surface area (Å²) in [4.78, 5) is 14.2. The first-order valence-electron chi connectivity index (χ1n) is 13.8. The highest BCUT2D eigenvalue weighted by Crippen LogP contribution is 2.46. The van der Waals surface area contributed by atoms with Gasteiger partial charge in [-0.3, -0.25) is 0 Å². The van der Waals surface area contributed by atoms with Crippen molar-refractivity contribution in [3.63, 3.8) is 0 Å². The number of ether oxygens (including phenoxy) is 1. The van der Waals surface area contributed by atoms with Crippen LogP contribution in [0.1, 0.15) is 66.4 Å². The van der Waals surface area contributed by atoms with Gasteiger partial charge in [0.15, 0.2) is 0 Å². The Morgan fingerprint density at radius 1 is 1.18 bits per heavy atom. The number of nitrogens with zero attached hydrogens (tertiary/aromatic N) is 1. The average molecular weight is 593 g/mol. The first-order chi connectivity index (χ1) is 18.6. The molecule has 2 aromatic rings. The van der Waals surface area contributed by atoms with Crippen molar-refractivity contribution >= 4 is 45.0 Å². The Bertz CT molecular complexity index is 1320. The van der Waals surface area contributed by atoms with E-state index in [2.05, 4.69) is 17.0 Å². The molecule has 1 aliphatic heterocycles. The Morgan fingerprint density at radius 2 is 2.03 bits per heavy atom. The molecular formula is C29H37ClN2O5S2. The highest BCUT2D eigenvalue weighted by atomic mass is 35.5. The van der Waals surface area contributed by atoms with Gasteiger partial charge in [0, 0.05) is 28.8 Å². The van der Waals surface area contributed by atoms with Crippen molar-refractivity contribution in [3.8, 4) is 5.75 Å². The summed E-state index contributed by atoms with van der Waals surface area (Å²) in [6, 6.07) is 11.4. The predicted octanol–water partition coefficient (Wildman–Crippen LogP) is 5.48. The van der Waals surface area contributed by atoms with Crippen molar-refractivity contribution in [1.29, 1.82) is 0 Å². The van der Waals surface area contributed by atoms with Gasteiger partial charge in [-0.05, 0) is 98.1 Å². The molecule has 7 nitrogen and oxygen atoms in total. The van der Waals surface area contributed by atoms with Crippen LogP contribution in [0.3, 0.4) is 0 Å². The smallest absolute Gasteiger partial charge is 0.335 e. The molecule has 2 aliphatic carbocycles. The number of rotatable bonds is 10. The molecule has 3 N–H and O–H groups in total. The number of unbranched alkanes of at least 4 members (excludes halogenated alkanes) is 2. The van der Waals surface area contributed by atoms with Crippen molar-refractivity contribution in [3.05, 3.63) is 58.1 Å². The van der Waals surface area contributed by atoms with Crippen LogP contribution in [0.5, 0.6) is 5.75 Å². The van der Waals surface area contributed by atoms with E-state index >= 15 is 0 Å². The third-order valence-electron chi connectivity index (χ3n) is 8.49. The van der Waals surface area contributed by atoms with Crippen molar-refractivity contribution < 1.29 is 23.1 Å². The first-order valence-corrected chi connectivity index (χ1v) is 16.9. The standard InChI is InChI=1S/C29H37ClN2O5S2/c30-23-8-9-24-20(15-23)5-4-12-29(24)18-32(25-16-21(28(33)34)6-10-26(25)37-19-29)17-22-7-11-27(22)38-13-2-1-3-14-39(31,35)36/h6,8-10,15-16,22,27H,1-5,7,11-14,17-19H2,(H,33,34)(H2,31,35,36)/t22-,27+,29?/m1/s1. The van der Waals surface area contributed by atoms with E-state index in [1.165, 1.54) is 17.5 Å². The number of hydrogen-bond donors (Lipinski definition) is 2. The monoisotopic (exact) mass is 592 g/mol. The Balaban J connectivity index is 1.33. The van der Waals surface area contributed by atoms with Crippen LogP contribution < -0.4 is 14.8 Å². The van der Waals surface area contributed by atoms with E-state index in [9.17, 15) is 18.3 Å². The number of sulfonamides is 1. The number of aromatic carboxylic acids is 1. The third kappa shape index (κ3) is 6.69. The van der Waals surface area contributed by atoms with Crippen LogP contribution in [-0.2, 0) is 21.9 Å². The second kappa shape index (κ2) is 11.9. The molecule has 1 heterocycles. The zero-order valence-electron chi connectivity index (χ0n) is 22.1. The number of carboxylic acid groups (broad SMARTS) is 1. The Kier molecular flexibility index (Phi) is 8.71. The summed E-state index contributed by atoms with van der Waals surface area (Å²) in [5.41, 5.74) is 3.54. The second-order valence-corrected chi connectivity index (χ2v) is 14.8. The number of carbonyl (C=O) groups is 1. The number of thioether (sulfide) groups is 1. The highest BCUT2D eigenvalue weighted by Gasteiger charge is 2.43. The molecule has 3 atom stereocenters. The van der Waals surface area contributed by atoms with Crippen LogP contribution in [0.25, 0.3) is 0 Å². The van der Waals surface area contributed by atoms with Gasteiger partial charge in [0.1, 0.15) is 5.75 Å². The molecule has 0 radical (unpaired) electrons. The summed E-state index contributed by atoms with van der Waals surface area (Å²) in [6.45, 7) is 2.19. The Morgan fingerprint density at radius 3 is 2.77 bits per heavy atom. The molecular weight excluding hydrogens is 556 g/mol. The average Bonchev–Trinajstić information content (AvgIpc) is 3.02. The molecule has 10 heteroatoms. The second-order valence-electron chi connectivity index (χ2n) is 11.3. The van der Waals surface area contributed by atoms with E-state index in [0.717, 1.165) is 73.8 Å². The maximum Gasteiger partial charge on any atom is 0.335 e. The van der Waals surface area contributed by atoms with E-state index in [4.69, 9.17) is 21.5 Å². The van der Waals surface area contributed by atoms with Gasteiger partial charge in [0.25, 0.3) is 0 Å². The Hall–Kier alpha value is -1.94. The number of anilines is 1. The first kappa shape index (κ1) is 28.6. The molecule has 3 aliphatic rings. The highest BCUT2D eigenvalue weighted by molar-refractivity contribution is 7.99. The van der Waals surface area contributed by atoms with Gasteiger partial charge in [-0.2, -0.15) is 11.8 Å². The van der Waals surface area contributed by atoms with Crippen molar-refractivity contribution in [2.24, 2.45) is 11.1 Å². The summed E-state index contributed by atoms with van der Waals surface area (Å²) >= 11 is 8.34. The van der Waals surface area contributed by atoms with Crippen LogP contribution in [0.15, 0.2) is 36.4 Å². The zero-order valence-corrected chi connectivity index (χ0v) is 24.5. The predicted molar refractivity (Wildman–Crippen MR) is 158 cm³/mol. The van der Waals surface area contributed by atoms with Crippen molar-refractivity contribution in [2.75, 3.05) is 36.1 Å². The number of nitrogens with two attached hydrogens (primary N) is 1. The van der Waals surface area contributed by atoms with Crippen LogP contribution in [0, 0.1) is 5.92 Å². The van der Waals surface area contributed by atoms with Gasteiger partial charge >= 0.3 is 5.97 Å². The van der Waals surface area contributed by atoms with Gasteiger partial charge in [0.2, 0.25) is 10.0 Å². The summed E-state index contributed by atoms with van der Waals surface area (Å²) in [6.07, 6.45) is 7.85. The van der Waals surface area contributed by atoms with Gasteiger partial charge < -0.3 is 14.7 Å². The van der Waals surface area contributed by atoms with Crippen molar-refractivity contribution in [2.45, 2.75) is 62.0 Å². The number of carboxylic acids is 1. The minimum Gasteiger partial charge on any atom is -0.490 e. The molecule has 5 rings (SSSR count). The minimum atomic E-state index is -3.38. The fourth-order valence-electron chi connectivity index (χ4n) is 6.31. The van der Waals surface area contributed by atoms with E-state index < -0.39 is 16.0 Å². The van der Waals surface area contributed by atoms with Crippen LogP contribution in [-0.4, -0.2) is 55.9 Å². The van der Waals surface area contributed by atoms with E-state index in [1.54, 1.807) is 12.1 Å². The van der Waals surface area contributed by atoms with Crippen LogP contribution >= 0.6 is 23.4 Å². The molecule has 2 aromatic carbocycles. The molecule has 0 bridgehead atoms. The fourth-order valence-corrected chi connectivity index (χ4v) is 8.59. The van der Waals surface area contributed by atoms with Crippen LogP contribution in [0.4, 0.5) is 5.69 Å². The quantitative estimate of drug-likeness (QED) is 0.351. The molecule has 0 saturated heterocycles. The lowest BCUT2D eigenvalue weighted by molar-refractivity contribution is 0.0697. The summed E-state index contributed by atoms with van der Waals surface area (Å²) in [5, 5.41) is 16.1. The van der Waals surface area contributed by atoms with Crippen LogP contribution in [0.2, 0.25) is 5.02 Å². The molecule has 0 amide bonds. The van der Waals surface area contributed by atoms with E-state index in [1.807, 2.05) is 23.9 Å². The molecule has 212 valence electrons. The third-order valence-corrected chi connectivity index (χ3v) is 11.2. The van der Waals surface area contributed by atoms with E-state index in [0.29, 0.717) is 24.2 Å². The number of fused-ring (bicyclic) bond motifs is 3. The molecule has 39 heavy (non-hydrogen) atoms. The topological polar surface area (TPSA) is 110 Å².